The number of carboxylic acids is 1. The van der Waals surface area contributed by atoms with Crippen molar-refractivity contribution < 1.29 is 14.6 Å². The van der Waals surface area contributed by atoms with E-state index in [0.717, 1.165) is 37.9 Å². The van der Waals surface area contributed by atoms with Gasteiger partial charge in [-0.1, -0.05) is 6.07 Å². The van der Waals surface area contributed by atoms with Crippen molar-refractivity contribution in [2.75, 3.05) is 6.61 Å². The van der Waals surface area contributed by atoms with E-state index >= 15 is 0 Å². The van der Waals surface area contributed by atoms with Crippen molar-refractivity contribution in [3.63, 3.8) is 0 Å². The lowest BCUT2D eigenvalue weighted by atomic mass is 10.0. The lowest BCUT2D eigenvalue weighted by Gasteiger charge is -2.12. The summed E-state index contributed by atoms with van der Waals surface area (Å²) >= 11 is 0. The SMILES string of the molecule is CCOc1cc(CCCCC(=O)O)cc2c1CC(N)C2. The number of carboxylic acid groups (broad SMARTS) is 1. The van der Waals surface area contributed by atoms with Crippen LogP contribution in [-0.2, 0) is 24.1 Å². The molecule has 0 fully saturated rings. The molecule has 1 atom stereocenters. The second-order valence-electron chi connectivity index (χ2n) is 5.43. The molecule has 0 saturated carbocycles. The van der Waals surface area contributed by atoms with Crippen molar-refractivity contribution in [2.45, 2.75) is 51.5 Å². The molecule has 0 aromatic heterocycles. The van der Waals surface area contributed by atoms with Crippen LogP contribution in [0.2, 0.25) is 0 Å². The molecule has 0 amide bonds. The Kier molecular flexibility index (Phi) is 5.01. The second-order valence-corrected chi connectivity index (χ2v) is 5.43. The van der Waals surface area contributed by atoms with Crippen LogP contribution in [0.5, 0.6) is 5.75 Å². The fraction of sp³-hybridized carbons (Fsp3) is 0.562. The zero-order valence-corrected chi connectivity index (χ0v) is 12.0. The number of nitrogens with two attached hydrogens (primary N) is 1. The molecule has 1 aliphatic carbocycles. The van der Waals surface area contributed by atoms with Gasteiger partial charge in [-0.25, -0.2) is 0 Å². The number of aryl methyl sites for hydroxylation is 1. The number of rotatable bonds is 7. The van der Waals surface area contributed by atoms with E-state index in [1.807, 2.05) is 6.92 Å². The summed E-state index contributed by atoms with van der Waals surface area (Å²) in [5.74, 6) is 0.242. The largest absolute Gasteiger partial charge is 0.494 e. The van der Waals surface area contributed by atoms with Crippen molar-refractivity contribution in [1.82, 2.24) is 0 Å². The third-order valence-electron chi connectivity index (χ3n) is 3.72. The Morgan fingerprint density at radius 1 is 1.40 bits per heavy atom. The highest BCUT2D eigenvalue weighted by Gasteiger charge is 2.22. The minimum absolute atomic E-state index is 0.200. The molecular formula is C16H23NO3. The summed E-state index contributed by atoms with van der Waals surface area (Å²) in [6.07, 6.45) is 4.56. The average Bonchev–Trinajstić information content (AvgIpc) is 2.75. The minimum Gasteiger partial charge on any atom is -0.494 e. The lowest BCUT2D eigenvalue weighted by Crippen LogP contribution is -2.19. The van der Waals surface area contributed by atoms with Crippen LogP contribution < -0.4 is 10.5 Å². The van der Waals surface area contributed by atoms with Gasteiger partial charge in [-0.3, -0.25) is 4.79 Å². The highest BCUT2D eigenvalue weighted by Crippen LogP contribution is 2.32. The van der Waals surface area contributed by atoms with Gasteiger partial charge in [0.05, 0.1) is 6.61 Å². The Hall–Kier alpha value is -1.55. The molecule has 4 heteroatoms. The number of aliphatic carboxylic acids is 1. The molecule has 0 aliphatic heterocycles. The standard InChI is InChI=1S/C16H23NO3/c1-2-20-15-8-11(5-3-4-6-16(18)19)7-12-9-13(17)10-14(12)15/h7-8,13H,2-6,9-10,17H2,1H3,(H,18,19). The highest BCUT2D eigenvalue weighted by atomic mass is 16.5. The topological polar surface area (TPSA) is 72.5 Å². The number of fused-ring (bicyclic) bond motifs is 1. The van der Waals surface area contributed by atoms with Crippen molar-refractivity contribution >= 4 is 5.97 Å². The van der Waals surface area contributed by atoms with Crippen molar-refractivity contribution in [3.05, 3.63) is 28.8 Å². The number of hydrogen-bond acceptors (Lipinski definition) is 3. The predicted octanol–water partition coefficient (Wildman–Crippen LogP) is 2.31. The second kappa shape index (κ2) is 6.75. The normalized spacial score (nSPS) is 17.0. The van der Waals surface area contributed by atoms with Crippen molar-refractivity contribution in [1.29, 1.82) is 0 Å². The van der Waals surface area contributed by atoms with Gasteiger partial charge in [0.15, 0.2) is 0 Å². The van der Waals surface area contributed by atoms with E-state index in [9.17, 15) is 4.79 Å². The number of carbonyl (C=O) groups is 1. The molecule has 1 unspecified atom stereocenters. The maximum atomic E-state index is 10.5. The van der Waals surface area contributed by atoms with Crippen LogP contribution in [-0.4, -0.2) is 23.7 Å². The van der Waals surface area contributed by atoms with E-state index in [-0.39, 0.29) is 12.5 Å². The van der Waals surface area contributed by atoms with Crippen LogP contribution >= 0.6 is 0 Å². The van der Waals surface area contributed by atoms with Crippen LogP contribution in [0.3, 0.4) is 0 Å². The predicted molar refractivity (Wildman–Crippen MR) is 78.2 cm³/mol. The van der Waals surface area contributed by atoms with Gasteiger partial charge in [-0.2, -0.15) is 0 Å². The first-order valence-corrected chi connectivity index (χ1v) is 7.35. The van der Waals surface area contributed by atoms with Gasteiger partial charge in [0, 0.05) is 12.5 Å². The van der Waals surface area contributed by atoms with Gasteiger partial charge < -0.3 is 15.6 Å². The van der Waals surface area contributed by atoms with E-state index in [2.05, 4.69) is 12.1 Å². The fourth-order valence-electron chi connectivity index (χ4n) is 2.83. The summed E-state index contributed by atoms with van der Waals surface area (Å²) in [4.78, 5) is 10.5. The van der Waals surface area contributed by atoms with Gasteiger partial charge in [0.1, 0.15) is 5.75 Å². The average molecular weight is 277 g/mol. The Bertz CT molecular complexity index is 485. The number of unbranched alkanes of at least 4 members (excludes halogenated alkanes) is 1. The summed E-state index contributed by atoms with van der Waals surface area (Å²) in [6.45, 7) is 2.64. The van der Waals surface area contributed by atoms with E-state index in [1.54, 1.807) is 0 Å². The van der Waals surface area contributed by atoms with Gasteiger partial charge in [-0.05, 0) is 61.8 Å². The number of ether oxygens (including phenoxy) is 1. The number of hydrogen-bond donors (Lipinski definition) is 2. The monoisotopic (exact) mass is 277 g/mol. The van der Waals surface area contributed by atoms with E-state index in [0.29, 0.717) is 6.61 Å². The van der Waals surface area contributed by atoms with E-state index in [1.165, 1.54) is 16.7 Å². The summed E-state index contributed by atoms with van der Waals surface area (Å²) in [6, 6.07) is 4.51. The molecule has 0 bridgehead atoms. The fourth-order valence-corrected chi connectivity index (χ4v) is 2.83. The smallest absolute Gasteiger partial charge is 0.303 e. The van der Waals surface area contributed by atoms with Crippen LogP contribution in [0.1, 0.15) is 42.9 Å². The Morgan fingerprint density at radius 2 is 2.20 bits per heavy atom. The first-order valence-electron chi connectivity index (χ1n) is 7.35. The van der Waals surface area contributed by atoms with Gasteiger partial charge in [0.25, 0.3) is 0 Å². The molecule has 1 aromatic rings. The van der Waals surface area contributed by atoms with Crippen LogP contribution in [0.25, 0.3) is 0 Å². The molecule has 110 valence electrons. The molecule has 1 aromatic carbocycles. The van der Waals surface area contributed by atoms with Gasteiger partial charge in [-0.15, -0.1) is 0 Å². The first kappa shape index (κ1) is 14.9. The molecule has 0 saturated heterocycles. The third-order valence-corrected chi connectivity index (χ3v) is 3.72. The Labute approximate surface area is 119 Å². The summed E-state index contributed by atoms with van der Waals surface area (Å²) in [7, 11) is 0. The van der Waals surface area contributed by atoms with Crippen LogP contribution in [0, 0.1) is 0 Å². The lowest BCUT2D eigenvalue weighted by molar-refractivity contribution is -0.137. The summed E-state index contributed by atoms with van der Waals surface area (Å²) in [5.41, 5.74) is 9.82. The van der Waals surface area contributed by atoms with Crippen LogP contribution in [0.4, 0.5) is 0 Å². The third kappa shape index (κ3) is 3.73. The molecule has 2 rings (SSSR count). The van der Waals surface area contributed by atoms with Crippen LogP contribution in [0.15, 0.2) is 12.1 Å². The molecule has 0 radical (unpaired) electrons. The maximum Gasteiger partial charge on any atom is 0.303 e. The molecule has 4 nitrogen and oxygen atoms in total. The summed E-state index contributed by atoms with van der Waals surface area (Å²) in [5, 5.41) is 8.65. The maximum absolute atomic E-state index is 10.5. The zero-order valence-electron chi connectivity index (χ0n) is 12.0. The molecule has 3 N–H and O–H groups in total. The Balaban J connectivity index is 2.05. The number of benzene rings is 1. The highest BCUT2D eigenvalue weighted by molar-refractivity contribution is 5.66. The van der Waals surface area contributed by atoms with Crippen molar-refractivity contribution in [3.8, 4) is 5.75 Å². The molecule has 1 aliphatic rings. The molecular weight excluding hydrogens is 254 g/mol. The minimum atomic E-state index is -0.722. The van der Waals surface area contributed by atoms with E-state index in [4.69, 9.17) is 15.6 Å². The van der Waals surface area contributed by atoms with E-state index < -0.39 is 5.97 Å². The summed E-state index contributed by atoms with van der Waals surface area (Å²) < 4.78 is 5.73. The first-order chi connectivity index (χ1) is 9.60. The van der Waals surface area contributed by atoms with Crippen molar-refractivity contribution in [2.24, 2.45) is 5.73 Å². The molecule has 0 heterocycles. The van der Waals surface area contributed by atoms with Gasteiger partial charge in [0.2, 0.25) is 0 Å². The zero-order chi connectivity index (χ0) is 14.5. The van der Waals surface area contributed by atoms with Gasteiger partial charge >= 0.3 is 5.97 Å². The Morgan fingerprint density at radius 3 is 2.90 bits per heavy atom. The molecule has 0 spiro atoms. The quantitative estimate of drug-likeness (QED) is 0.750. The molecule has 20 heavy (non-hydrogen) atoms.